The average molecular weight is 382 g/mol. The molecule has 1 aliphatic heterocycles. The fourth-order valence-electron chi connectivity index (χ4n) is 3.30. The largest absolute Gasteiger partial charge is 0.494 e. The van der Waals surface area contributed by atoms with Gasteiger partial charge < -0.3 is 14.8 Å². The van der Waals surface area contributed by atoms with Gasteiger partial charge in [-0.25, -0.2) is 4.79 Å². The molecule has 148 valence electrons. The smallest absolute Gasteiger partial charge is 0.325 e. The Balaban J connectivity index is 1.60. The number of amides is 3. The van der Waals surface area contributed by atoms with Gasteiger partial charge in [0, 0.05) is 0 Å². The Bertz CT molecular complexity index is 807. The van der Waals surface area contributed by atoms with Gasteiger partial charge in [-0.1, -0.05) is 44.2 Å². The lowest BCUT2D eigenvalue weighted by atomic mass is 9.87. The number of imide groups is 1. The van der Waals surface area contributed by atoms with Gasteiger partial charge in [-0.3, -0.25) is 9.69 Å². The van der Waals surface area contributed by atoms with Gasteiger partial charge in [0.05, 0.1) is 13.2 Å². The maximum absolute atomic E-state index is 13.0. The van der Waals surface area contributed by atoms with E-state index in [1.807, 2.05) is 61.5 Å². The first-order chi connectivity index (χ1) is 13.6. The number of nitrogens with one attached hydrogen (secondary N) is 1. The van der Waals surface area contributed by atoms with Crippen LogP contribution in [0.1, 0.15) is 32.3 Å². The molecule has 6 heteroatoms. The van der Waals surface area contributed by atoms with Gasteiger partial charge in [0.15, 0.2) is 0 Å². The summed E-state index contributed by atoms with van der Waals surface area (Å²) in [6.07, 6.45) is 1.44. The van der Waals surface area contributed by atoms with Crippen molar-refractivity contribution in [1.82, 2.24) is 10.2 Å². The van der Waals surface area contributed by atoms with E-state index in [2.05, 4.69) is 12.2 Å². The van der Waals surface area contributed by atoms with E-state index < -0.39 is 5.54 Å². The lowest BCUT2D eigenvalue weighted by Gasteiger charge is -2.25. The highest BCUT2D eigenvalue weighted by atomic mass is 16.5. The van der Waals surface area contributed by atoms with Crippen LogP contribution in [0.3, 0.4) is 0 Å². The molecule has 1 N–H and O–H groups in total. The third kappa shape index (κ3) is 3.96. The van der Waals surface area contributed by atoms with Crippen LogP contribution in [0.25, 0.3) is 0 Å². The van der Waals surface area contributed by atoms with Crippen molar-refractivity contribution >= 4 is 11.9 Å². The SMILES string of the molecule is CCCOc1ccc(OCCN2C(=O)NC(CC)(c3ccccc3)C2=O)cc1. The van der Waals surface area contributed by atoms with Gasteiger partial charge in [0.2, 0.25) is 0 Å². The van der Waals surface area contributed by atoms with Crippen LogP contribution < -0.4 is 14.8 Å². The molecule has 0 bridgehead atoms. The standard InChI is InChI=1S/C22H26N2O4/c1-3-15-27-18-10-12-19(13-11-18)28-16-14-24-20(25)22(4-2,23-21(24)26)17-8-6-5-7-9-17/h5-13H,3-4,14-16H2,1-2H3,(H,23,26). The number of urea groups is 1. The highest BCUT2D eigenvalue weighted by Crippen LogP contribution is 2.32. The first-order valence-electron chi connectivity index (χ1n) is 9.66. The minimum absolute atomic E-state index is 0.188. The number of ether oxygens (including phenoxy) is 2. The van der Waals surface area contributed by atoms with Crippen molar-refractivity contribution in [2.75, 3.05) is 19.8 Å². The molecule has 1 fully saturated rings. The van der Waals surface area contributed by atoms with Gasteiger partial charge >= 0.3 is 6.03 Å². The first kappa shape index (κ1) is 19.7. The zero-order valence-corrected chi connectivity index (χ0v) is 16.3. The third-order valence-corrected chi connectivity index (χ3v) is 4.85. The van der Waals surface area contributed by atoms with Crippen LogP contribution in [0, 0.1) is 0 Å². The van der Waals surface area contributed by atoms with E-state index >= 15 is 0 Å². The molecule has 0 radical (unpaired) electrons. The van der Waals surface area contributed by atoms with Crippen LogP contribution in [0.2, 0.25) is 0 Å². The van der Waals surface area contributed by atoms with Crippen LogP contribution in [-0.4, -0.2) is 36.6 Å². The first-order valence-corrected chi connectivity index (χ1v) is 9.66. The third-order valence-electron chi connectivity index (χ3n) is 4.85. The number of benzene rings is 2. The lowest BCUT2D eigenvalue weighted by Crippen LogP contribution is -2.43. The molecule has 0 spiro atoms. The summed E-state index contributed by atoms with van der Waals surface area (Å²) >= 11 is 0. The molecule has 1 aliphatic rings. The highest BCUT2D eigenvalue weighted by Gasteiger charge is 2.50. The second-order valence-corrected chi connectivity index (χ2v) is 6.68. The number of rotatable bonds is 9. The van der Waals surface area contributed by atoms with Crippen molar-refractivity contribution in [3.8, 4) is 11.5 Å². The summed E-state index contributed by atoms with van der Waals surface area (Å²) in [5, 5.41) is 2.87. The Morgan fingerprint density at radius 3 is 2.07 bits per heavy atom. The van der Waals surface area contributed by atoms with Gasteiger partial charge in [0.1, 0.15) is 23.6 Å². The predicted octanol–water partition coefficient (Wildman–Crippen LogP) is 3.71. The zero-order chi connectivity index (χ0) is 20.0. The summed E-state index contributed by atoms with van der Waals surface area (Å²) < 4.78 is 11.2. The fourth-order valence-corrected chi connectivity index (χ4v) is 3.30. The quantitative estimate of drug-likeness (QED) is 0.672. The van der Waals surface area contributed by atoms with Crippen molar-refractivity contribution < 1.29 is 19.1 Å². The highest BCUT2D eigenvalue weighted by molar-refractivity contribution is 6.07. The Labute approximate surface area is 165 Å². The Morgan fingerprint density at radius 1 is 0.893 bits per heavy atom. The molecule has 3 rings (SSSR count). The lowest BCUT2D eigenvalue weighted by molar-refractivity contribution is -0.132. The minimum atomic E-state index is -1.00. The summed E-state index contributed by atoms with van der Waals surface area (Å²) in [7, 11) is 0. The molecular formula is C22H26N2O4. The molecule has 1 heterocycles. The van der Waals surface area contributed by atoms with Gasteiger partial charge in [0.25, 0.3) is 5.91 Å². The Hall–Kier alpha value is -3.02. The molecule has 6 nitrogen and oxygen atoms in total. The molecule has 2 aromatic rings. The monoisotopic (exact) mass is 382 g/mol. The van der Waals surface area contributed by atoms with Gasteiger partial charge in [-0.05, 0) is 42.7 Å². The minimum Gasteiger partial charge on any atom is -0.494 e. The van der Waals surface area contributed by atoms with E-state index in [0.29, 0.717) is 18.8 Å². The Kier molecular flexibility index (Phi) is 6.19. The van der Waals surface area contributed by atoms with Crippen molar-refractivity contribution in [3.05, 3.63) is 60.2 Å². The van der Waals surface area contributed by atoms with E-state index in [-0.39, 0.29) is 25.1 Å². The van der Waals surface area contributed by atoms with E-state index in [1.54, 1.807) is 0 Å². The molecule has 0 aliphatic carbocycles. The summed E-state index contributed by atoms with van der Waals surface area (Å²) in [4.78, 5) is 26.7. The Morgan fingerprint density at radius 2 is 1.50 bits per heavy atom. The van der Waals surface area contributed by atoms with Crippen molar-refractivity contribution in [3.63, 3.8) is 0 Å². The van der Waals surface area contributed by atoms with Crippen molar-refractivity contribution in [2.45, 2.75) is 32.2 Å². The number of carbonyl (C=O) groups is 2. The van der Waals surface area contributed by atoms with E-state index in [1.165, 1.54) is 4.90 Å². The maximum Gasteiger partial charge on any atom is 0.325 e. The summed E-state index contributed by atoms with van der Waals surface area (Å²) in [6, 6.07) is 16.3. The molecule has 2 aromatic carbocycles. The van der Waals surface area contributed by atoms with Crippen molar-refractivity contribution in [2.24, 2.45) is 0 Å². The van der Waals surface area contributed by atoms with E-state index in [4.69, 9.17) is 9.47 Å². The molecule has 28 heavy (non-hydrogen) atoms. The predicted molar refractivity (Wildman–Crippen MR) is 106 cm³/mol. The molecule has 1 unspecified atom stereocenters. The average Bonchev–Trinajstić information content (AvgIpc) is 2.99. The molecule has 1 saturated heterocycles. The summed E-state index contributed by atoms with van der Waals surface area (Å²) in [5.41, 5.74) is -0.210. The fraction of sp³-hybridized carbons (Fsp3) is 0.364. The van der Waals surface area contributed by atoms with Gasteiger partial charge in [-0.2, -0.15) is 0 Å². The van der Waals surface area contributed by atoms with Gasteiger partial charge in [-0.15, -0.1) is 0 Å². The second kappa shape index (κ2) is 8.78. The van der Waals surface area contributed by atoms with Crippen LogP contribution >= 0.6 is 0 Å². The van der Waals surface area contributed by atoms with Crippen LogP contribution in [0.5, 0.6) is 11.5 Å². The van der Waals surface area contributed by atoms with Crippen LogP contribution in [-0.2, 0) is 10.3 Å². The zero-order valence-electron chi connectivity index (χ0n) is 16.3. The normalized spacial score (nSPS) is 18.9. The van der Waals surface area contributed by atoms with Crippen LogP contribution in [0.4, 0.5) is 4.79 Å². The van der Waals surface area contributed by atoms with E-state index in [9.17, 15) is 9.59 Å². The maximum atomic E-state index is 13.0. The number of hydrogen-bond acceptors (Lipinski definition) is 4. The number of nitrogens with zero attached hydrogens (tertiary/aromatic N) is 1. The summed E-state index contributed by atoms with van der Waals surface area (Å²) in [5.74, 6) is 1.22. The van der Waals surface area contributed by atoms with Crippen molar-refractivity contribution in [1.29, 1.82) is 0 Å². The molecule has 0 saturated carbocycles. The second-order valence-electron chi connectivity index (χ2n) is 6.68. The summed E-state index contributed by atoms with van der Waals surface area (Å²) in [6.45, 7) is 5.04. The molecule has 0 aromatic heterocycles. The number of hydrogen-bond donors (Lipinski definition) is 1. The molecular weight excluding hydrogens is 356 g/mol. The van der Waals surface area contributed by atoms with E-state index in [0.717, 1.165) is 17.7 Å². The number of carbonyl (C=O) groups excluding carboxylic acids is 2. The molecule has 1 atom stereocenters. The molecule has 3 amide bonds. The topological polar surface area (TPSA) is 67.9 Å². The van der Waals surface area contributed by atoms with Crippen LogP contribution in [0.15, 0.2) is 54.6 Å².